The second-order valence-corrected chi connectivity index (χ2v) is 4.57. The molecule has 1 aromatic rings. The standard InChI is InChI=1S/C14H16N2O/c1-3-14(8-9-15)10-12-6-4-5-7-13(12)16(14)11(2)17/h4-7H,3,8,10H2,1-2H3. The smallest absolute Gasteiger partial charge is 0.224 e. The van der Waals surface area contributed by atoms with Gasteiger partial charge in [0.2, 0.25) is 5.91 Å². The Hall–Kier alpha value is -1.82. The van der Waals surface area contributed by atoms with Crippen molar-refractivity contribution in [3.05, 3.63) is 29.8 Å². The maximum absolute atomic E-state index is 11.9. The van der Waals surface area contributed by atoms with Crippen molar-refractivity contribution in [1.82, 2.24) is 0 Å². The maximum Gasteiger partial charge on any atom is 0.224 e. The molecule has 0 fully saturated rings. The first-order valence-electron chi connectivity index (χ1n) is 5.90. The Labute approximate surface area is 102 Å². The third-order valence-electron chi connectivity index (χ3n) is 3.61. The Kier molecular flexibility index (Phi) is 2.89. The number of carbonyl (C=O) groups excluding carboxylic acids is 1. The van der Waals surface area contributed by atoms with Crippen LogP contribution in [0.1, 0.15) is 32.3 Å². The number of nitriles is 1. The second-order valence-electron chi connectivity index (χ2n) is 4.57. The van der Waals surface area contributed by atoms with E-state index in [0.717, 1.165) is 18.5 Å². The Morgan fingerprint density at radius 3 is 2.82 bits per heavy atom. The Morgan fingerprint density at radius 1 is 1.53 bits per heavy atom. The van der Waals surface area contributed by atoms with Crippen LogP contribution in [0.5, 0.6) is 0 Å². The molecule has 0 saturated carbocycles. The van der Waals surface area contributed by atoms with E-state index in [1.54, 1.807) is 6.92 Å². The van der Waals surface area contributed by atoms with Gasteiger partial charge in [-0.25, -0.2) is 0 Å². The first kappa shape index (κ1) is 11.7. The highest BCUT2D eigenvalue weighted by Gasteiger charge is 2.44. The van der Waals surface area contributed by atoms with Crippen LogP contribution < -0.4 is 4.90 Å². The summed E-state index contributed by atoms with van der Waals surface area (Å²) in [5.41, 5.74) is 1.79. The molecule has 0 radical (unpaired) electrons. The fourth-order valence-electron chi connectivity index (χ4n) is 2.77. The number of para-hydroxylation sites is 1. The molecular formula is C14H16N2O. The van der Waals surface area contributed by atoms with E-state index in [0.29, 0.717) is 6.42 Å². The van der Waals surface area contributed by atoms with Gasteiger partial charge in [-0.1, -0.05) is 25.1 Å². The van der Waals surface area contributed by atoms with E-state index >= 15 is 0 Å². The van der Waals surface area contributed by atoms with Crippen LogP contribution in [-0.2, 0) is 11.2 Å². The van der Waals surface area contributed by atoms with Crippen molar-refractivity contribution in [3.8, 4) is 6.07 Å². The molecule has 0 N–H and O–H groups in total. The monoisotopic (exact) mass is 228 g/mol. The molecule has 1 aromatic carbocycles. The van der Waals surface area contributed by atoms with E-state index < -0.39 is 0 Å². The van der Waals surface area contributed by atoms with E-state index in [-0.39, 0.29) is 11.4 Å². The molecule has 1 aliphatic heterocycles. The number of anilines is 1. The van der Waals surface area contributed by atoms with Crippen LogP contribution in [0.3, 0.4) is 0 Å². The minimum Gasteiger partial charge on any atom is -0.305 e. The van der Waals surface area contributed by atoms with Gasteiger partial charge in [0, 0.05) is 12.6 Å². The van der Waals surface area contributed by atoms with Gasteiger partial charge in [0.15, 0.2) is 0 Å². The van der Waals surface area contributed by atoms with Crippen molar-refractivity contribution >= 4 is 11.6 Å². The van der Waals surface area contributed by atoms with Crippen LogP contribution in [0.25, 0.3) is 0 Å². The normalized spacial score (nSPS) is 22.1. The lowest BCUT2D eigenvalue weighted by molar-refractivity contribution is -0.117. The summed E-state index contributed by atoms with van der Waals surface area (Å²) in [5.74, 6) is 0.0204. The van der Waals surface area contributed by atoms with Gasteiger partial charge in [-0.3, -0.25) is 4.79 Å². The summed E-state index contributed by atoms with van der Waals surface area (Å²) in [6.45, 7) is 3.61. The van der Waals surface area contributed by atoms with Crippen LogP contribution in [-0.4, -0.2) is 11.4 Å². The van der Waals surface area contributed by atoms with E-state index in [2.05, 4.69) is 6.07 Å². The molecule has 17 heavy (non-hydrogen) atoms. The average molecular weight is 228 g/mol. The molecule has 0 aliphatic carbocycles. The van der Waals surface area contributed by atoms with Gasteiger partial charge in [0.05, 0.1) is 18.0 Å². The van der Waals surface area contributed by atoms with Gasteiger partial charge < -0.3 is 4.90 Å². The number of hydrogen-bond acceptors (Lipinski definition) is 2. The summed E-state index contributed by atoms with van der Waals surface area (Å²) in [6, 6.07) is 10.2. The number of nitrogens with zero attached hydrogens (tertiary/aromatic N) is 2. The molecule has 88 valence electrons. The summed E-state index contributed by atoms with van der Waals surface area (Å²) in [5, 5.41) is 9.01. The van der Waals surface area contributed by atoms with Crippen molar-refractivity contribution in [2.24, 2.45) is 0 Å². The third kappa shape index (κ3) is 1.70. The molecule has 1 unspecified atom stereocenters. The van der Waals surface area contributed by atoms with E-state index in [1.165, 1.54) is 5.56 Å². The van der Waals surface area contributed by atoms with Crippen molar-refractivity contribution in [2.75, 3.05) is 4.90 Å². The number of benzene rings is 1. The largest absolute Gasteiger partial charge is 0.305 e. The number of rotatable bonds is 2. The molecular weight excluding hydrogens is 212 g/mol. The van der Waals surface area contributed by atoms with Crippen LogP contribution >= 0.6 is 0 Å². The number of amides is 1. The quantitative estimate of drug-likeness (QED) is 0.781. The third-order valence-corrected chi connectivity index (χ3v) is 3.61. The first-order chi connectivity index (χ1) is 8.14. The summed E-state index contributed by atoms with van der Waals surface area (Å²) in [7, 11) is 0. The maximum atomic E-state index is 11.9. The lowest BCUT2D eigenvalue weighted by Gasteiger charge is -2.35. The van der Waals surface area contributed by atoms with E-state index in [1.807, 2.05) is 36.1 Å². The summed E-state index contributed by atoms with van der Waals surface area (Å²) < 4.78 is 0. The highest BCUT2D eigenvalue weighted by atomic mass is 16.2. The fraction of sp³-hybridized carbons (Fsp3) is 0.429. The zero-order chi connectivity index (χ0) is 12.5. The predicted molar refractivity (Wildman–Crippen MR) is 66.6 cm³/mol. The highest BCUT2D eigenvalue weighted by molar-refractivity contribution is 5.95. The number of fused-ring (bicyclic) bond motifs is 1. The predicted octanol–water partition coefficient (Wildman–Crippen LogP) is 2.66. The summed E-state index contributed by atoms with van der Waals surface area (Å²) in [6.07, 6.45) is 1.97. The topological polar surface area (TPSA) is 44.1 Å². The molecule has 0 spiro atoms. The Balaban J connectivity index is 2.53. The van der Waals surface area contributed by atoms with Gasteiger partial charge in [-0.15, -0.1) is 0 Å². The average Bonchev–Trinajstić information content (AvgIpc) is 2.63. The zero-order valence-electron chi connectivity index (χ0n) is 10.2. The zero-order valence-corrected chi connectivity index (χ0v) is 10.2. The summed E-state index contributed by atoms with van der Waals surface area (Å²) in [4.78, 5) is 13.7. The van der Waals surface area contributed by atoms with Gasteiger partial charge in [-0.2, -0.15) is 5.26 Å². The Morgan fingerprint density at radius 2 is 2.24 bits per heavy atom. The molecule has 2 rings (SSSR count). The van der Waals surface area contributed by atoms with Crippen LogP contribution in [0.2, 0.25) is 0 Å². The molecule has 0 saturated heterocycles. The molecule has 1 aliphatic rings. The summed E-state index contributed by atoms with van der Waals surface area (Å²) >= 11 is 0. The SMILES string of the molecule is CCC1(CC#N)Cc2ccccc2N1C(C)=O. The minimum atomic E-state index is -0.343. The van der Waals surface area contributed by atoms with Crippen LogP contribution in [0.15, 0.2) is 24.3 Å². The first-order valence-corrected chi connectivity index (χ1v) is 5.90. The minimum absolute atomic E-state index is 0.0204. The molecule has 0 bridgehead atoms. The number of hydrogen-bond donors (Lipinski definition) is 0. The van der Waals surface area contributed by atoms with Crippen LogP contribution in [0.4, 0.5) is 5.69 Å². The van der Waals surface area contributed by atoms with Gasteiger partial charge in [0.1, 0.15) is 0 Å². The number of carbonyl (C=O) groups is 1. The van der Waals surface area contributed by atoms with Crippen molar-refractivity contribution in [3.63, 3.8) is 0 Å². The van der Waals surface area contributed by atoms with Gasteiger partial charge in [0.25, 0.3) is 0 Å². The fourth-order valence-corrected chi connectivity index (χ4v) is 2.77. The molecule has 1 amide bonds. The van der Waals surface area contributed by atoms with Crippen LogP contribution in [0, 0.1) is 11.3 Å². The second kappa shape index (κ2) is 4.21. The lowest BCUT2D eigenvalue weighted by Crippen LogP contribution is -2.48. The lowest BCUT2D eigenvalue weighted by atomic mass is 9.88. The van der Waals surface area contributed by atoms with E-state index in [4.69, 9.17) is 5.26 Å². The van der Waals surface area contributed by atoms with Crippen molar-refractivity contribution in [1.29, 1.82) is 5.26 Å². The Bertz CT molecular complexity index is 489. The van der Waals surface area contributed by atoms with Crippen molar-refractivity contribution < 1.29 is 4.79 Å². The van der Waals surface area contributed by atoms with Crippen molar-refractivity contribution in [2.45, 2.75) is 38.6 Å². The van der Waals surface area contributed by atoms with E-state index in [9.17, 15) is 4.79 Å². The molecule has 3 heteroatoms. The molecule has 3 nitrogen and oxygen atoms in total. The molecule has 1 atom stereocenters. The highest BCUT2D eigenvalue weighted by Crippen LogP contribution is 2.42. The molecule has 1 heterocycles. The molecule has 0 aromatic heterocycles. The van der Waals surface area contributed by atoms with Gasteiger partial charge in [-0.05, 0) is 24.5 Å². The van der Waals surface area contributed by atoms with Gasteiger partial charge >= 0.3 is 0 Å².